The third-order valence-electron chi connectivity index (χ3n) is 14.6. The van der Waals surface area contributed by atoms with Gasteiger partial charge in [0.25, 0.3) is 5.91 Å². The minimum Gasteiger partial charge on any atom is -0.500 e. The summed E-state index contributed by atoms with van der Waals surface area (Å²) in [5, 5.41) is 10.4. The smallest absolute Gasteiger partial charge is 0.257 e. The standard InChI is InChI=1S/C25H32N4O2.C13H28.C9H20.C7H8FP.C7H11N.C5H10.C4H10.3C2H6/c1-8-9-22(31-7)23(15(2)3)20-14-18(13-17(5)26-20)24(30)28-25-27-19-11-10-16(4)12-21(19)29(25)6;1-5-8-13(9-6-2)11-10-12(4)7-3;1-4-6-7-8-9(3)5-2;1-5-2-6(8)4-7(9)3-5;1-6-4-3-5-7(2)8-6;1-2-4-5-3-1;1-3-4-2;3*1-2/h10-14,17,26H,2,8-9H2,1,3-7H3,(H,27,28,30);12-13H,5-11H2,1-4H3;9H,4-8H2,1-3H3;2-4H,9H2,1H3;8H,1-5H2;1-5H2;3-4H2,1-2H3;3*1-2H3/b23-22-;;;;;;;;;. The Morgan fingerprint density at radius 1 is 0.741 bits per heavy atom. The zero-order chi connectivity index (χ0) is 65.7. The van der Waals surface area contributed by atoms with Crippen LogP contribution in [0.1, 0.15) is 290 Å². The fourth-order valence-corrected chi connectivity index (χ4v) is 9.73. The number of hydrogen-bond acceptors (Lipinski definition) is 5. The SMILES string of the molecule is C1CCCC1.C=C(C)/C(C1=CC(C(=O)Nc2nc3ccc(C)cc3n2C)=CC(C)N1)=C(\CCC)OC.C=C1CCCC(=C)N1.CC.CC.CC.CCCC.CCCC(CCC)CCC(C)CC.CCCCCC(C)CC.Cc1cc(F)cc(P)c1. The zero-order valence-electron chi connectivity index (χ0n) is 59.7. The highest BCUT2D eigenvalue weighted by atomic mass is 31.0. The van der Waals surface area contributed by atoms with Crippen molar-refractivity contribution >= 4 is 37.4 Å². The summed E-state index contributed by atoms with van der Waals surface area (Å²) in [6.07, 6.45) is 36.0. The van der Waals surface area contributed by atoms with Gasteiger partial charge < -0.3 is 19.9 Å². The van der Waals surface area contributed by atoms with Gasteiger partial charge in [0.15, 0.2) is 0 Å². The number of benzene rings is 2. The van der Waals surface area contributed by atoms with Crippen molar-refractivity contribution in [3.63, 3.8) is 0 Å². The maximum absolute atomic E-state index is 13.1. The van der Waals surface area contributed by atoms with Crippen molar-refractivity contribution in [3.8, 4) is 0 Å². The molecular weight excluding hydrogens is 1060 g/mol. The molecule has 2 fully saturated rings. The number of methoxy groups -OCH3 is 1. The number of dihydropyridines is 1. The lowest BCUT2D eigenvalue weighted by atomic mass is 9.89. The highest BCUT2D eigenvalue weighted by Gasteiger charge is 2.23. The second-order valence-electron chi connectivity index (χ2n) is 22.6. The molecule has 1 aliphatic carbocycles. The molecule has 1 aromatic heterocycles. The van der Waals surface area contributed by atoms with Crippen molar-refractivity contribution in [2.45, 2.75) is 299 Å². The molecule has 3 heterocycles. The molecule has 1 saturated heterocycles. The number of carbonyl (C=O) groups excluding carboxylic acids is 1. The predicted octanol–water partition coefficient (Wildman–Crippen LogP) is 23.8. The number of carbonyl (C=O) groups is 1. The molecule has 0 radical (unpaired) electrons. The number of halogens is 1. The van der Waals surface area contributed by atoms with Gasteiger partial charge in [-0.25, -0.2) is 9.37 Å². The quantitative estimate of drug-likeness (QED) is 0.0429. The number of imidazole rings is 1. The molecule has 2 aromatic carbocycles. The van der Waals surface area contributed by atoms with Gasteiger partial charge in [0, 0.05) is 47.7 Å². The number of anilines is 1. The van der Waals surface area contributed by atoms with Crippen molar-refractivity contribution < 1.29 is 13.9 Å². The Hall–Kier alpha value is -4.42. The fourth-order valence-electron chi connectivity index (χ4n) is 9.31. The lowest BCUT2D eigenvalue weighted by molar-refractivity contribution is -0.112. The molecule has 2 aliphatic heterocycles. The number of rotatable bonds is 21. The average molecular weight is 1200 g/mol. The first kappa shape index (κ1) is 87.0. The molecule has 7 nitrogen and oxygen atoms in total. The van der Waals surface area contributed by atoms with Crippen LogP contribution in [0.3, 0.4) is 0 Å². The van der Waals surface area contributed by atoms with E-state index in [4.69, 9.17) is 4.74 Å². The number of allylic oxidation sites excluding steroid dienone is 4. The van der Waals surface area contributed by atoms with Gasteiger partial charge in [-0.15, -0.1) is 9.24 Å². The molecule has 4 unspecified atom stereocenters. The summed E-state index contributed by atoms with van der Waals surface area (Å²) in [4.78, 5) is 17.7. The number of hydrogen-bond donors (Lipinski definition) is 3. The van der Waals surface area contributed by atoms with E-state index in [0.717, 1.165) is 105 Å². The Bertz CT molecular complexity index is 2190. The van der Waals surface area contributed by atoms with E-state index in [1.807, 2.05) is 111 Å². The number of ether oxygens (including phenoxy) is 1. The van der Waals surface area contributed by atoms with Crippen molar-refractivity contribution in [2.24, 2.45) is 24.8 Å². The molecule has 3 aliphatic rings. The number of piperidine rings is 1. The van der Waals surface area contributed by atoms with E-state index in [0.29, 0.717) is 11.5 Å². The Morgan fingerprint density at radius 2 is 1.28 bits per heavy atom. The maximum Gasteiger partial charge on any atom is 0.257 e. The number of amides is 1. The van der Waals surface area contributed by atoms with E-state index < -0.39 is 0 Å². The topological polar surface area (TPSA) is 80.2 Å². The van der Waals surface area contributed by atoms with Crippen LogP contribution in [0.2, 0.25) is 0 Å². The first-order valence-corrected chi connectivity index (χ1v) is 34.8. The summed E-state index contributed by atoms with van der Waals surface area (Å²) in [7, 11) is 6.04. The van der Waals surface area contributed by atoms with Crippen LogP contribution in [-0.2, 0) is 16.6 Å². The van der Waals surface area contributed by atoms with E-state index in [1.165, 1.54) is 141 Å². The zero-order valence-corrected chi connectivity index (χ0v) is 60.8. The van der Waals surface area contributed by atoms with E-state index in [9.17, 15) is 9.18 Å². The maximum atomic E-state index is 13.1. The van der Waals surface area contributed by atoms with Crippen LogP contribution in [0.15, 0.2) is 108 Å². The highest BCUT2D eigenvalue weighted by molar-refractivity contribution is 7.27. The summed E-state index contributed by atoms with van der Waals surface area (Å²) >= 11 is 0. The number of fused-ring (bicyclic) bond motifs is 1. The van der Waals surface area contributed by atoms with Gasteiger partial charge in [0.1, 0.15) is 11.6 Å². The third-order valence-corrected chi connectivity index (χ3v) is 14.9. The summed E-state index contributed by atoms with van der Waals surface area (Å²) in [5.41, 5.74) is 9.41. The number of nitrogens with zero attached hydrogens (tertiary/aromatic N) is 2. The lowest BCUT2D eigenvalue weighted by Gasteiger charge is -2.25. The summed E-state index contributed by atoms with van der Waals surface area (Å²) in [5.74, 6) is 3.94. The van der Waals surface area contributed by atoms with E-state index in [1.54, 1.807) is 7.11 Å². The second-order valence-corrected chi connectivity index (χ2v) is 23.3. The van der Waals surface area contributed by atoms with Crippen LogP contribution >= 0.6 is 9.24 Å². The van der Waals surface area contributed by atoms with Crippen LogP contribution in [0.25, 0.3) is 11.0 Å². The molecule has 1 amide bonds. The molecule has 4 atom stereocenters. The lowest BCUT2D eigenvalue weighted by Crippen LogP contribution is -2.31. The van der Waals surface area contributed by atoms with Crippen LogP contribution in [-0.4, -0.2) is 28.6 Å². The second kappa shape index (κ2) is 57.3. The number of aromatic nitrogens is 2. The molecule has 3 N–H and O–H groups in total. The van der Waals surface area contributed by atoms with Crippen molar-refractivity contribution in [2.75, 3.05) is 12.4 Å². The third kappa shape index (κ3) is 43.0. The van der Waals surface area contributed by atoms with Crippen molar-refractivity contribution in [1.82, 2.24) is 20.2 Å². The molecular formula is C76H137FN5O2P. The predicted molar refractivity (Wildman–Crippen MR) is 386 cm³/mol. The van der Waals surface area contributed by atoms with Gasteiger partial charge >= 0.3 is 0 Å². The van der Waals surface area contributed by atoms with Gasteiger partial charge in [0.2, 0.25) is 5.95 Å². The number of unbranched alkanes of at least 4 members (excludes halogenated alkanes) is 3. The fraction of sp³-hybridized carbons (Fsp3) is 0.658. The van der Waals surface area contributed by atoms with Crippen molar-refractivity contribution in [3.05, 3.63) is 125 Å². The van der Waals surface area contributed by atoms with Gasteiger partial charge in [0.05, 0.1) is 18.1 Å². The van der Waals surface area contributed by atoms with Crippen LogP contribution in [0, 0.1) is 37.4 Å². The highest BCUT2D eigenvalue weighted by Crippen LogP contribution is 2.29. The van der Waals surface area contributed by atoms with Gasteiger partial charge in [-0.1, -0.05) is 265 Å². The van der Waals surface area contributed by atoms with Crippen LogP contribution < -0.4 is 21.3 Å². The Kier molecular flexibility index (Phi) is 58.7. The first-order chi connectivity index (χ1) is 40.7. The molecule has 0 spiro atoms. The van der Waals surface area contributed by atoms with Crippen LogP contribution in [0.5, 0.6) is 0 Å². The molecule has 0 bridgehead atoms. The van der Waals surface area contributed by atoms with Gasteiger partial charge in [-0.3, -0.25) is 10.1 Å². The number of aryl methyl sites for hydroxylation is 3. The Balaban J connectivity index is -0.000000503. The molecule has 3 aromatic rings. The largest absolute Gasteiger partial charge is 0.500 e. The molecule has 85 heavy (non-hydrogen) atoms. The average Bonchev–Trinajstić information content (AvgIpc) is 4.17. The van der Waals surface area contributed by atoms with Crippen LogP contribution in [0.4, 0.5) is 10.3 Å². The molecule has 9 heteroatoms. The summed E-state index contributed by atoms with van der Waals surface area (Å²) in [6, 6.07) is 10.9. The normalized spacial score (nSPS) is 14.6. The molecule has 1 saturated carbocycles. The summed E-state index contributed by atoms with van der Waals surface area (Å²) < 4.78 is 20.0. The van der Waals surface area contributed by atoms with Crippen molar-refractivity contribution in [1.29, 1.82) is 0 Å². The minimum atomic E-state index is -0.198. The first-order valence-electron chi connectivity index (χ1n) is 34.2. The monoisotopic (exact) mass is 1200 g/mol. The van der Waals surface area contributed by atoms with Gasteiger partial charge in [-0.2, -0.15) is 0 Å². The Labute approximate surface area is 529 Å². The van der Waals surface area contributed by atoms with E-state index >= 15 is 0 Å². The molecule has 490 valence electrons. The Morgan fingerprint density at radius 3 is 1.71 bits per heavy atom. The summed E-state index contributed by atoms with van der Waals surface area (Å²) in [6.45, 7) is 54.3. The van der Waals surface area contributed by atoms with E-state index in [2.05, 4.69) is 125 Å². The minimum absolute atomic E-state index is 0.0158. The van der Waals surface area contributed by atoms with Gasteiger partial charge in [-0.05, 0) is 130 Å². The molecule has 6 rings (SSSR count). The number of nitrogens with one attached hydrogen (secondary N) is 3. The van der Waals surface area contributed by atoms with E-state index in [-0.39, 0.29) is 17.8 Å².